The molecular weight excluding hydrogens is 74.1 g/mol. The number of aromatic nitrogens is 1. The standard InChI is InChI=1S/C5H4N/c1-2-4-6-5-3-1/h1-4H/i1D,3D. The molecule has 1 aromatic rings. The Labute approximate surface area is 39.5 Å². The fraction of sp³-hybridized carbons (Fsp3) is 0. The molecule has 1 rings (SSSR count). The average molecular weight is 80.1 g/mol. The highest BCUT2D eigenvalue weighted by Crippen LogP contribution is 1.72. The fourth-order valence-corrected chi connectivity index (χ4v) is 0.218. The van der Waals surface area contributed by atoms with Crippen molar-refractivity contribution in [3.63, 3.8) is 0 Å². The normalized spacial score (nSPS) is 12.7. The molecule has 0 N–H and O–H groups in total. The summed E-state index contributed by atoms with van der Waals surface area (Å²) in [7, 11) is 0. The summed E-state index contributed by atoms with van der Waals surface area (Å²) in [4.78, 5) is 3.51. The van der Waals surface area contributed by atoms with Gasteiger partial charge in [0, 0.05) is 6.20 Å². The Hall–Kier alpha value is -0.850. The highest BCUT2D eigenvalue weighted by molar-refractivity contribution is 4.86. The maximum absolute atomic E-state index is 6.96. The zero-order chi connectivity index (χ0) is 5.98. The molecule has 0 saturated carbocycles. The molecule has 1 nitrogen and oxygen atoms in total. The summed E-state index contributed by atoms with van der Waals surface area (Å²) in [6.45, 7) is 0. The first kappa shape index (κ1) is 1.73. The Bertz CT molecular complexity index is 167. The van der Waals surface area contributed by atoms with Gasteiger partial charge in [-0.15, -0.1) is 0 Å². The van der Waals surface area contributed by atoms with E-state index in [0.717, 1.165) is 0 Å². The second kappa shape index (κ2) is 1.55. The Balaban J connectivity index is 3.13. The summed E-state index contributed by atoms with van der Waals surface area (Å²) < 4.78 is 13.9. The SMILES string of the molecule is [2H]c1[c]nccc1[2H]. The fourth-order valence-electron chi connectivity index (χ4n) is 0.218. The summed E-state index contributed by atoms with van der Waals surface area (Å²) in [6, 6.07) is 1.67. The predicted molar refractivity (Wildman–Crippen MR) is 23.1 cm³/mol. The zero-order valence-corrected chi connectivity index (χ0v) is 3.10. The first-order valence-electron chi connectivity index (χ1n) is 2.60. The van der Waals surface area contributed by atoms with Crippen LogP contribution in [0.1, 0.15) is 2.74 Å². The Morgan fingerprint density at radius 2 is 2.83 bits per heavy atom. The van der Waals surface area contributed by atoms with Crippen molar-refractivity contribution in [1.29, 1.82) is 0 Å². The van der Waals surface area contributed by atoms with E-state index < -0.39 is 0 Å². The van der Waals surface area contributed by atoms with Gasteiger partial charge in [-0.1, -0.05) is 6.04 Å². The lowest BCUT2D eigenvalue weighted by Gasteiger charge is -1.68. The van der Waals surface area contributed by atoms with Gasteiger partial charge in [-0.25, -0.2) is 0 Å². The van der Waals surface area contributed by atoms with Gasteiger partial charge in [0.05, 0.1) is 8.94 Å². The minimum Gasteiger partial charge on any atom is -0.255 e. The van der Waals surface area contributed by atoms with Crippen molar-refractivity contribution in [1.82, 2.24) is 4.98 Å². The van der Waals surface area contributed by atoms with Gasteiger partial charge < -0.3 is 0 Å². The molecular formula is C5H4N. The predicted octanol–water partition coefficient (Wildman–Crippen LogP) is 0.882. The van der Waals surface area contributed by atoms with Crippen LogP contribution in [-0.2, 0) is 0 Å². The Kier molecular flexibility index (Phi) is 0.449. The molecule has 0 amide bonds. The first-order valence-corrected chi connectivity index (χ1v) is 1.60. The van der Waals surface area contributed by atoms with Crippen molar-refractivity contribution in [2.75, 3.05) is 0 Å². The van der Waals surface area contributed by atoms with Gasteiger partial charge in [-0.2, -0.15) is 0 Å². The van der Waals surface area contributed by atoms with Gasteiger partial charge in [0.15, 0.2) is 0 Å². The molecule has 1 radical (unpaired) electrons. The third kappa shape index (κ3) is 0.549. The molecule has 0 aliphatic heterocycles. The smallest absolute Gasteiger partial charge is 0.0886 e. The maximum atomic E-state index is 6.96. The van der Waals surface area contributed by atoms with Crippen molar-refractivity contribution in [3.8, 4) is 0 Å². The lowest BCUT2D eigenvalue weighted by molar-refractivity contribution is 1.31. The molecule has 0 spiro atoms. The van der Waals surface area contributed by atoms with E-state index in [0.29, 0.717) is 0 Å². The van der Waals surface area contributed by atoms with Crippen LogP contribution in [0.25, 0.3) is 0 Å². The first-order chi connectivity index (χ1) is 3.80. The van der Waals surface area contributed by atoms with Crippen molar-refractivity contribution < 1.29 is 2.74 Å². The van der Waals surface area contributed by atoms with Gasteiger partial charge in [0.2, 0.25) is 0 Å². The minimum absolute atomic E-state index is 0.0486. The molecule has 1 heteroatoms. The molecule has 29 valence electrons. The maximum Gasteiger partial charge on any atom is 0.0886 e. The van der Waals surface area contributed by atoms with E-state index in [-0.39, 0.29) is 12.1 Å². The van der Waals surface area contributed by atoms with Crippen LogP contribution in [0, 0.1) is 6.20 Å². The van der Waals surface area contributed by atoms with Crippen molar-refractivity contribution >= 4 is 0 Å². The second-order valence-electron chi connectivity index (χ2n) is 0.826. The van der Waals surface area contributed by atoms with E-state index in [1.54, 1.807) is 0 Å². The topological polar surface area (TPSA) is 12.9 Å². The number of hydrogen-bond donors (Lipinski definition) is 0. The van der Waals surface area contributed by atoms with Crippen LogP contribution in [0.2, 0.25) is 0 Å². The van der Waals surface area contributed by atoms with Crippen LogP contribution in [0.15, 0.2) is 24.3 Å². The molecule has 0 aliphatic carbocycles. The molecule has 0 unspecified atom stereocenters. The summed E-state index contributed by atoms with van der Waals surface area (Å²) in [5.74, 6) is 0. The van der Waals surface area contributed by atoms with Crippen LogP contribution in [0.4, 0.5) is 0 Å². The highest BCUT2D eigenvalue weighted by Gasteiger charge is 1.59. The lowest BCUT2D eigenvalue weighted by atomic mass is 10.5. The summed E-state index contributed by atoms with van der Waals surface area (Å²) in [5.41, 5.74) is 0. The van der Waals surface area contributed by atoms with E-state index in [9.17, 15) is 0 Å². The number of pyridine rings is 1. The molecule has 6 heavy (non-hydrogen) atoms. The lowest BCUT2D eigenvalue weighted by Crippen LogP contribution is -1.60. The molecule has 0 bridgehead atoms. The van der Waals surface area contributed by atoms with E-state index >= 15 is 0 Å². The van der Waals surface area contributed by atoms with E-state index in [4.69, 9.17) is 2.74 Å². The van der Waals surface area contributed by atoms with Crippen LogP contribution < -0.4 is 0 Å². The van der Waals surface area contributed by atoms with E-state index in [1.165, 1.54) is 12.3 Å². The third-order valence-electron chi connectivity index (χ3n) is 0.425. The van der Waals surface area contributed by atoms with Crippen LogP contribution >= 0.6 is 0 Å². The third-order valence-corrected chi connectivity index (χ3v) is 0.425. The van der Waals surface area contributed by atoms with Gasteiger partial charge >= 0.3 is 0 Å². The molecule has 1 aromatic heterocycles. The zero-order valence-electron chi connectivity index (χ0n) is 5.10. The number of rotatable bonds is 0. The molecule has 0 saturated heterocycles. The van der Waals surface area contributed by atoms with Crippen LogP contribution in [-0.4, -0.2) is 4.98 Å². The number of hydrogen-bond acceptors (Lipinski definition) is 1. The monoisotopic (exact) mass is 80.0 g/mol. The van der Waals surface area contributed by atoms with Gasteiger partial charge in [0.1, 0.15) is 0 Å². The summed E-state index contributed by atoms with van der Waals surface area (Å²) in [5, 5.41) is 0. The molecule has 0 fully saturated rings. The van der Waals surface area contributed by atoms with E-state index in [1.807, 2.05) is 0 Å². The summed E-state index contributed by atoms with van der Waals surface area (Å²) >= 11 is 0. The Morgan fingerprint density at radius 3 is 3.33 bits per heavy atom. The van der Waals surface area contributed by atoms with Crippen LogP contribution in [0.5, 0.6) is 0 Å². The van der Waals surface area contributed by atoms with Gasteiger partial charge in [-0.05, 0) is 12.1 Å². The van der Waals surface area contributed by atoms with E-state index in [2.05, 4.69) is 11.2 Å². The largest absolute Gasteiger partial charge is 0.255 e. The van der Waals surface area contributed by atoms with Gasteiger partial charge in [-0.3, -0.25) is 4.98 Å². The molecule has 0 aromatic carbocycles. The van der Waals surface area contributed by atoms with Gasteiger partial charge in [0.25, 0.3) is 0 Å². The van der Waals surface area contributed by atoms with Crippen LogP contribution in [0.3, 0.4) is 0 Å². The molecule has 0 atom stereocenters. The summed E-state index contributed by atoms with van der Waals surface area (Å²) in [6.07, 6.45) is 3.77. The molecule has 0 aliphatic rings. The van der Waals surface area contributed by atoms with Crippen molar-refractivity contribution in [2.24, 2.45) is 0 Å². The minimum atomic E-state index is 0.0486. The second-order valence-corrected chi connectivity index (χ2v) is 0.826. The highest BCUT2D eigenvalue weighted by atomic mass is 14.6. The molecule has 1 heterocycles. The van der Waals surface area contributed by atoms with Crippen molar-refractivity contribution in [2.45, 2.75) is 0 Å². The quantitative estimate of drug-likeness (QED) is 0.451. The average Bonchev–Trinajstić information content (AvgIpc) is 1.77. The number of nitrogens with zero attached hydrogens (tertiary/aromatic N) is 1. The van der Waals surface area contributed by atoms with Crippen molar-refractivity contribution in [3.05, 3.63) is 30.5 Å². The Morgan fingerprint density at radius 1 is 1.83 bits per heavy atom.